The maximum atomic E-state index is 12.1. The van der Waals surface area contributed by atoms with Crippen LogP contribution in [0.15, 0.2) is 24.3 Å². The average molecular weight is 279 g/mol. The summed E-state index contributed by atoms with van der Waals surface area (Å²) in [5.41, 5.74) is 1.71. The number of anilines is 1. The van der Waals surface area contributed by atoms with Crippen LogP contribution in [0.5, 0.6) is 0 Å². The summed E-state index contributed by atoms with van der Waals surface area (Å²) in [6, 6.07) is 7.37. The number of sulfone groups is 1. The van der Waals surface area contributed by atoms with Gasteiger partial charge in [0, 0.05) is 12.2 Å². The summed E-state index contributed by atoms with van der Waals surface area (Å²) in [6.45, 7) is 4.12. The molecule has 1 aromatic carbocycles. The van der Waals surface area contributed by atoms with Crippen molar-refractivity contribution in [2.45, 2.75) is 13.8 Å². The third kappa shape index (κ3) is 4.42. The summed E-state index contributed by atoms with van der Waals surface area (Å²) < 4.78 is 23.1. The maximum absolute atomic E-state index is 12.1. The van der Waals surface area contributed by atoms with Gasteiger partial charge in [-0.2, -0.15) is 0 Å². The van der Waals surface area contributed by atoms with Gasteiger partial charge in [0.25, 0.3) is 0 Å². The van der Waals surface area contributed by atoms with Gasteiger partial charge in [0.15, 0.2) is 9.84 Å². The van der Waals surface area contributed by atoms with Gasteiger partial charge in [-0.05, 0) is 31.5 Å². The molecule has 0 saturated carbocycles. The molecule has 0 aliphatic heterocycles. The Morgan fingerprint density at radius 3 is 2.63 bits per heavy atom. The SMILES string of the molecule is C#CCS(=O)(=O)CC(=O)N(CC)c1cccc(C)c1. The zero-order chi connectivity index (χ0) is 14.5. The molecule has 0 bridgehead atoms. The van der Waals surface area contributed by atoms with E-state index >= 15 is 0 Å². The minimum Gasteiger partial charge on any atom is -0.312 e. The van der Waals surface area contributed by atoms with Crippen LogP contribution in [0, 0.1) is 19.3 Å². The van der Waals surface area contributed by atoms with Gasteiger partial charge in [0.1, 0.15) is 11.5 Å². The fourth-order valence-electron chi connectivity index (χ4n) is 1.74. The van der Waals surface area contributed by atoms with Crippen LogP contribution >= 0.6 is 0 Å². The lowest BCUT2D eigenvalue weighted by Gasteiger charge is -2.21. The molecule has 0 fully saturated rings. The normalized spacial score (nSPS) is 10.8. The molecule has 0 aliphatic rings. The summed E-state index contributed by atoms with van der Waals surface area (Å²) in [4.78, 5) is 13.5. The molecule has 102 valence electrons. The van der Waals surface area contributed by atoms with Crippen molar-refractivity contribution in [1.29, 1.82) is 0 Å². The van der Waals surface area contributed by atoms with E-state index in [1.165, 1.54) is 4.90 Å². The van der Waals surface area contributed by atoms with E-state index in [9.17, 15) is 13.2 Å². The highest BCUT2D eigenvalue weighted by Gasteiger charge is 2.21. The van der Waals surface area contributed by atoms with Crippen LogP contribution in [0.25, 0.3) is 0 Å². The van der Waals surface area contributed by atoms with Gasteiger partial charge >= 0.3 is 0 Å². The van der Waals surface area contributed by atoms with Crippen LogP contribution in [0.3, 0.4) is 0 Å². The van der Waals surface area contributed by atoms with Gasteiger partial charge in [-0.15, -0.1) is 6.42 Å². The molecular formula is C14H17NO3S. The van der Waals surface area contributed by atoms with Crippen molar-refractivity contribution in [1.82, 2.24) is 0 Å². The highest BCUT2D eigenvalue weighted by molar-refractivity contribution is 7.92. The Hall–Kier alpha value is -1.80. The topological polar surface area (TPSA) is 54.5 Å². The zero-order valence-corrected chi connectivity index (χ0v) is 11.9. The monoisotopic (exact) mass is 279 g/mol. The third-order valence-corrected chi connectivity index (χ3v) is 3.87. The van der Waals surface area contributed by atoms with Crippen LogP contribution < -0.4 is 4.90 Å². The summed E-state index contributed by atoms with van der Waals surface area (Å²) in [5, 5.41) is 0. The highest BCUT2D eigenvalue weighted by atomic mass is 32.2. The number of hydrogen-bond donors (Lipinski definition) is 0. The number of nitrogens with zero attached hydrogens (tertiary/aromatic N) is 1. The first-order valence-electron chi connectivity index (χ1n) is 5.90. The summed E-state index contributed by atoms with van der Waals surface area (Å²) in [7, 11) is -3.53. The van der Waals surface area contributed by atoms with E-state index in [1.54, 1.807) is 13.0 Å². The number of hydrogen-bond acceptors (Lipinski definition) is 3. The molecule has 1 amide bonds. The van der Waals surface area contributed by atoms with Crippen molar-refractivity contribution in [3.05, 3.63) is 29.8 Å². The molecule has 19 heavy (non-hydrogen) atoms. The molecule has 0 heterocycles. The molecule has 0 atom stereocenters. The standard InChI is InChI=1S/C14H17NO3S/c1-4-9-19(17,18)11-14(16)15(5-2)13-8-6-7-12(3)10-13/h1,6-8,10H,5,9,11H2,2-3H3. The van der Waals surface area contributed by atoms with E-state index in [2.05, 4.69) is 5.92 Å². The summed E-state index contributed by atoms with van der Waals surface area (Å²) >= 11 is 0. The number of benzene rings is 1. The number of rotatable bonds is 5. The molecular weight excluding hydrogens is 262 g/mol. The maximum Gasteiger partial charge on any atom is 0.242 e. The molecule has 0 N–H and O–H groups in total. The van der Waals surface area contributed by atoms with E-state index in [4.69, 9.17) is 6.42 Å². The fraction of sp³-hybridized carbons (Fsp3) is 0.357. The smallest absolute Gasteiger partial charge is 0.242 e. The first-order chi connectivity index (χ1) is 8.89. The molecule has 1 aromatic rings. The Labute approximate surface area is 114 Å². The van der Waals surface area contributed by atoms with Gasteiger partial charge in [-0.25, -0.2) is 8.42 Å². The Bertz CT molecular complexity index is 599. The zero-order valence-electron chi connectivity index (χ0n) is 11.1. The number of amides is 1. The Balaban J connectivity index is 2.93. The van der Waals surface area contributed by atoms with Crippen molar-refractivity contribution in [2.24, 2.45) is 0 Å². The largest absolute Gasteiger partial charge is 0.312 e. The molecule has 5 heteroatoms. The quantitative estimate of drug-likeness (QED) is 0.766. The van der Waals surface area contributed by atoms with Gasteiger partial charge in [0.05, 0.1) is 0 Å². The molecule has 0 saturated heterocycles. The Kier molecular flexibility index (Phi) is 5.13. The van der Waals surface area contributed by atoms with Gasteiger partial charge < -0.3 is 4.90 Å². The van der Waals surface area contributed by atoms with Crippen molar-refractivity contribution < 1.29 is 13.2 Å². The van der Waals surface area contributed by atoms with E-state index in [1.807, 2.05) is 25.1 Å². The highest BCUT2D eigenvalue weighted by Crippen LogP contribution is 2.16. The van der Waals surface area contributed by atoms with E-state index in [0.717, 1.165) is 5.56 Å². The van der Waals surface area contributed by atoms with Crippen molar-refractivity contribution >= 4 is 21.4 Å². The lowest BCUT2D eigenvalue weighted by molar-refractivity contribution is -0.116. The number of terminal acetylenes is 1. The Morgan fingerprint density at radius 1 is 1.42 bits per heavy atom. The van der Waals surface area contributed by atoms with Crippen molar-refractivity contribution in [2.75, 3.05) is 23.0 Å². The molecule has 0 radical (unpaired) electrons. The fourth-order valence-corrected chi connectivity index (χ4v) is 2.63. The second kappa shape index (κ2) is 6.39. The molecule has 0 aliphatic carbocycles. The average Bonchev–Trinajstić information content (AvgIpc) is 2.28. The van der Waals surface area contributed by atoms with Crippen LogP contribution in [0.4, 0.5) is 5.69 Å². The van der Waals surface area contributed by atoms with E-state index in [0.29, 0.717) is 12.2 Å². The van der Waals surface area contributed by atoms with Crippen LogP contribution in [0.2, 0.25) is 0 Å². The second-order valence-electron chi connectivity index (χ2n) is 4.21. The molecule has 0 unspecified atom stereocenters. The number of aryl methyl sites for hydroxylation is 1. The molecule has 4 nitrogen and oxygen atoms in total. The van der Waals surface area contributed by atoms with Crippen LogP contribution in [-0.4, -0.2) is 32.4 Å². The first-order valence-corrected chi connectivity index (χ1v) is 7.72. The third-order valence-electron chi connectivity index (χ3n) is 2.58. The lowest BCUT2D eigenvalue weighted by Crippen LogP contribution is -2.36. The van der Waals surface area contributed by atoms with Gasteiger partial charge in [-0.1, -0.05) is 18.1 Å². The minimum atomic E-state index is -3.53. The Morgan fingerprint density at radius 2 is 2.11 bits per heavy atom. The van der Waals surface area contributed by atoms with Crippen molar-refractivity contribution in [3.8, 4) is 12.3 Å². The van der Waals surface area contributed by atoms with E-state index < -0.39 is 27.3 Å². The molecule has 0 spiro atoms. The summed E-state index contributed by atoms with van der Waals surface area (Å²) in [6.07, 6.45) is 4.98. The van der Waals surface area contributed by atoms with Crippen LogP contribution in [0.1, 0.15) is 12.5 Å². The number of carbonyl (C=O) groups excluding carboxylic acids is 1. The first kappa shape index (κ1) is 15.3. The molecule has 0 aromatic heterocycles. The predicted octanol–water partition coefficient (Wildman–Crippen LogP) is 1.40. The van der Waals surface area contributed by atoms with Crippen LogP contribution in [-0.2, 0) is 14.6 Å². The second-order valence-corrected chi connectivity index (χ2v) is 6.28. The minimum absolute atomic E-state index is 0.411. The predicted molar refractivity (Wildman–Crippen MR) is 76.7 cm³/mol. The number of carbonyl (C=O) groups is 1. The lowest BCUT2D eigenvalue weighted by atomic mass is 10.2. The van der Waals surface area contributed by atoms with Gasteiger partial charge in [-0.3, -0.25) is 4.79 Å². The van der Waals surface area contributed by atoms with E-state index in [-0.39, 0.29) is 0 Å². The molecule has 1 rings (SSSR count). The van der Waals surface area contributed by atoms with Gasteiger partial charge in [0.2, 0.25) is 5.91 Å². The summed E-state index contributed by atoms with van der Waals surface area (Å²) in [5.74, 6) is 0.636. The van der Waals surface area contributed by atoms with Crippen molar-refractivity contribution in [3.63, 3.8) is 0 Å².